The average molecular weight is 572 g/mol. The molecule has 0 fully saturated rings. The number of methoxy groups -OCH3 is 2. The van der Waals surface area contributed by atoms with Crippen molar-refractivity contribution in [2.75, 3.05) is 38.2 Å². The van der Waals surface area contributed by atoms with Crippen molar-refractivity contribution in [2.45, 2.75) is 31.2 Å². The van der Waals surface area contributed by atoms with Gasteiger partial charge in [0.1, 0.15) is 18.4 Å². The number of hydrogen-bond acceptors (Lipinski definition) is 6. The molecule has 0 saturated carbocycles. The fraction of sp³-hybridized carbons (Fsp3) is 0.310. The first kappa shape index (κ1) is 30.4. The molecule has 214 valence electrons. The summed E-state index contributed by atoms with van der Waals surface area (Å²) in [5, 5.41) is 2.72. The number of nitrogens with zero attached hydrogens (tertiary/aromatic N) is 2. The minimum absolute atomic E-state index is 0.0817. The van der Waals surface area contributed by atoms with E-state index < -0.39 is 34.3 Å². The Morgan fingerprint density at radius 3 is 2.20 bits per heavy atom. The van der Waals surface area contributed by atoms with Gasteiger partial charge < -0.3 is 19.7 Å². The molecule has 0 radical (unpaired) electrons. The van der Waals surface area contributed by atoms with Crippen molar-refractivity contribution < 1.29 is 31.9 Å². The van der Waals surface area contributed by atoms with Crippen LogP contribution in [-0.2, 0) is 26.0 Å². The van der Waals surface area contributed by atoms with Crippen molar-refractivity contribution >= 4 is 27.5 Å². The lowest BCUT2D eigenvalue weighted by molar-refractivity contribution is -0.138. The summed E-state index contributed by atoms with van der Waals surface area (Å²) in [6.45, 7) is 3.29. The van der Waals surface area contributed by atoms with Crippen LogP contribution in [0, 0.1) is 5.82 Å². The molecule has 0 heterocycles. The van der Waals surface area contributed by atoms with Gasteiger partial charge in [-0.25, -0.2) is 12.8 Å². The molecule has 9 nitrogen and oxygen atoms in total. The van der Waals surface area contributed by atoms with E-state index in [1.807, 2.05) is 30.3 Å². The number of rotatable bonds is 13. The standard InChI is InChI=1S/C29H34FN3O6S/c1-5-31-29(35)21(2)32(18-17-22-9-7-6-8-10-22)28(34)20-33(24-13-11-23(30)12-14-24)40(36,37)25-15-16-26(38-3)27(19-25)39-4/h6-16,19,21H,5,17-18,20H2,1-4H3,(H,31,35)/t21-/m1/s1. The van der Waals surface area contributed by atoms with Crippen molar-refractivity contribution in [2.24, 2.45) is 0 Å². The van der Waals surface area contributed by atoms with E-state index in [0.717, 1.165) is 22.0 Å². The quantitative estimate of drug-likeness (QED) is 0.336. The Kier molecular flexibility index (Phi) is 10.5. The predicted molar refractivity (Wildman–Crippen MR) is 150 cm³/mol. The van der Waals surface area contributed by atoms with E-state index in [-0.39, 0.29) is 28.8 Å². The molecule has 0 aliphatic carbocycles. The highest BCUT2D eigenvalue weighted by Gasteiger charge is 2.32. The van der Waals surface area contributed by atoms with E-state index in [2.05, 4.69) is 5.32 Å². The SMILES string of the molecule is CCNC(=O)[C@@H](C)N(CCc1ccccc1)C(=O)CN(c1ccc(F)cc1)S(=O)(=O)c1ccc(OC)c(OC)c1. The number of amides is 2. The van der Waals surface area contributed by atoms with E-state index in [0.29, 0.717) is 18.7 Å². The summed E-state index contributed by atoms with van der Waals surface area (Å²) in [7, 11) is -1.55. The molecule has 3 aromatic rings. The first-order chi connectivity index (χ1) is 19.1. The van der Waals surface area contributed by atoms with Crippen molar-refractivity contribution in [1.82, 2.24) is 10.2 Å². The van der Waals surface area contributed by atoms with Gasteiger partial charge in [-0.05, 0) is 62.2 Å². The maximum atomic E-state index is 13.9. The van der Waals surface area contributed by atoms with Gasteiger partial charge in [-0.2, -0.15) is 0 Å². The molecule has 0 aromatic heterocycles. The summed E-state index contributed by atoms with van der Waals surface area (Å²) in [6.07, 6.45) is 0.454. The van der Waals surface area contributed by atoms with Crippen LogP contribution in [0.3, 0.4) is 0 Å². The zero-order chi connectivity index (χ0) is 29.3. The maximum absolute atomic E-state index is 13.9. The van der Waals surface area contributed by atoms with Crippen LogP contribution in [0.5, 0.6) is 11.5 Å². The smallest absolute Gasteiger partial charge is 0.264 e. The second-order valence-corrected chi connectivity index (χ2v) is 10.8. The number of ether oxygens (including phenoxy) is 2. The highest BCUT2D eigenvalue weighted by molar-refractivity contribution is 7.92. The highest BCUT2D eigenvalue weighted by atomic mass is 32.2. The first-order valence-electron chi connectivity index (χ1n) is 12.7. The second-order valence-electron chi connectivity index (χ2n) is 8.90. The van der Waals surface area contributed by atoms with Gasteiger partial charge in [0, 0.05) is 19.2 Å². The maximum Gasteiger partial charge on any atom is 0.264 e. The molecule has 0 aliphatic heterocycles. The van der Waals surface area contributed by atoms with Gasteiger partial charge >= 0.3 is 0 Å². The van der Waals surface area contributed by atoms with Crippen LogP contribution in [0.2, 0.25) is 0 Å². The lowest BCUT2D eigenvalue weighted by Crippen LogP contribution is -2.52. The molecule has 1 N–H and O–H groups in total. The number of hydrogen-bond donors (Lipinski definition) is 1. The molecular weight excluding hydrogens is 537 g/mol. The van der Waals surface area contributed by atoms with Crippen molar-refractivity contribution in [1.29, 1.82) is 0 Å². The van der Waals surface area contributed by atoms with Crippen LogP contribution in [-0.4, -0.2) is 65.0 Å². The topological polar surface area (TPSA) is 105 Å². The number of halogens is 1. The number of carbonyl (C=O) groups is 2. The molecule has 0 unspecified atom stereocenters. The number of nitrogens with one attached hydrogen (secondary N) is 1. The highest BCUT2D eigenvalue weighted by Crippen LogP contribution is 2.32. The number of sulfonamides is 1. The fourth-order valence-electron chi connectivity index (χ4n) is 4.13. The summed E-state index contributed by atoms with van der Waals surface area (Å²) in [5.41, 5.74) is 1.04. The van der Waals surface area contributed by atoms with E-state index in [9.17, 15) is 22.4 Å². The molecule has 0 saturated heterocycles. The van der Waals surface area contributed by atoms with Crippen LogP contribution >= 0.6 is 0 Å². The minimum atomic E-state index is -4.35. The second kappa shape index (κ2) is 13.8. The third kappa shape index (κ3) is 7.29. The van der Waals surface area contributed by atoms with Gasteiger partial charge in [0.15, 0.2) is 11.5 Å². The van der Waals surface area contributed by atoms with Crippen LogP contribution < -0.4 is 19.1 Å². The molecule has 0 aliphatic rings. The molecule has 2 amide bonds. The number of benzene rings is 3. The fourth-order valence-corrected chi connectivity index (χ4v) is 5.56. The van der Waals surface area contributed by atoms with E-state index in [4.69, 9.17) is 9.47 Å². The molecule has 1 atom stereocenters. The van der Waals surface area contributed by atoms with E-state index >= 15 is 0 Å². The van der Waals surface area contributed by atoms with Gasteiger partial charge in [-0.3, -0.25) is 13.9 Å². The monoisotopic (exact) mass is 571 g/mol. The third-order valence-electron chi connectivity index (χ3n) is 6.34. The Balaban J connectivity index is 2.01. The molecular formula is C29H34FN3O6S. The van der Waals surface area contributed by atoms with Crippen LogP contribution in [0.1, 0.15) is 19.4 Å². The zero-order valence-electron chi connectivity index (χ0n) is 23.0. The Morgan fingerprint density at radius 1 is 0.950 bits per heavy atom. The van der Waals surface area contributed by atoms with Gasteiger partial charge in [0.2, 0.25) is 11.8 Å². The summed E-state index contributed by atoms with van der Waals surface area (Å²) in [4.78, 5) is 27.7. The van der Waals surface area contributed by atoms with Gasteiger partial charge in [0.25, 0.3) is 10.0 Å². The van der Waals surface area contributed by atoms with Crippen LogP contribution in [0.4, 0.5) is 10.1 Å². The minimum Gasteiger partial charge on any atom is -0.493 e. The lowest BCUT2D eigenvalue weighted by Gasteiger charge is -2.32. The van der Waals surface area contributed by atoms with Gasteiger partial charge in [-0.15, -0.1) is 0 Å². The molecule has 3 rings (SSSR count). The van der Waals surface area contributed by atoms with Crippen molar-refractivity contribution in [3.05, 3.63) is 84.2 Å². The van der Waals surface area contributed by atoms with E-state index in [1.54, 1.807) is 13.8 Å². The summed E-state index contributed by atoms with van der Waals surface area (Å²) in [6, 6.07) is 17.4. The summed E-state index contributed by atoms with van der Waals surface area (Å²) < 4.78 is 53.0. The normalized spacial score (nSPS) is 11.8. The molecule has 11 heteroatoms. The van der Waals surface area contributed by atoms with Crippen molar-refractivity contribution in [3.8, 4) is 11.5 Å². The van der Waals surface area contributed by atoms with E-state index in [1.165, 1.54) is 49.5 Å². The molecule has 40 heavy (non-hydrogen) atoms. The predicted octanol–water partition coefficient (Wildman–Crippen LogP) is 3.63. The number of likely N-dealkylation sites (N-methyl/N-ethyl adjacent to an activating group) is 1. The number of carbonyl (C=O) groups excluding carboxylic acids is 2. The Bertz CT molecular complexity index is 1400. The van der Waals surface area contributed by atoms with Gasteiger partial charge in [-0.1, -0.05) is 30.3 Å². The lowest BCUT2D eigenvalue weighted by atomic mass is 10.1. The zero-order valence-corrected chi connectivity index (χ0v) is 23.8. The Labute approximate surface area is 234 Å². The molecule has 0 spiro atoms. The molecule has 3 aromatic carbocycles. The molecule has 0 bridgehead atoms. The third-order valence-corrected chi connectivity index (χ3v) is 8.11. The Morgan fingerprint density at radius 2 is 1.60 bits per heavy atom. The number of anilines is 1. The average Bonchev–Trinajstić information content (AvgIpc) is 2.96. The summed E-state index contributed by atoms with van der Waals surface area (Å²) >= 11 is 0. The Hall–Kier alpha value is -4.12. The van der Waals surface area contributed by atoms with Crippen molar-refractivity contribution in [3.63, 3.8) is 0 Å². The largest absolute Gasteiger partial charge is 0.493 e. The van der Waals surface area contributed by atoms with Crippen LogP contribution in [0.15, 0.2) is 77.7 Å². The van der Waals surface area contributed by atoms with Gasteiger partial charge in [0.05, 0.1) is 24.8 Å². The summed E-state index contributed by atoms with van der Waals surface area (Å²) in [5.74, 6) is -1.01. The van der Waals surface area contributed by atoms with Crippen LogP contribution in [0.25, 0.3) is 0 Å². The first-order valence-corrected chi connectivity index (χ1v) is 14.2.